The first-order valence-corrected chi connectivity index (χ1v) is 7.79. The summed E-state index contributed by atoms with van der Waals surface area (Å²) >= 11 is 0. The van der Waals surface area contributed by atoms with Crippen LogP contribution in [0.2, 0.25) is 0 Å². The van der Waals surface area contributed by atoms with E-state index in [-0.39, 0.29) is 16.8 Å². The predicted molar refractivity (Wildman–Crippen MR) is 90.6 cm³/mol. The van der Waals surface area contributed by atoms with E-state index in [0.717, 1.165) is 28.4 Å². The summed E-state index contributed by atoms with van der Waals surface area (Å²) in [7, 11) is 4.46. The summed E-state index contributed by atoms with van der Waals surface area (Å²) in [6, 6.07) is -1.35. The lowest BCUT2D eigenvalue weighted by molar-refractivity contribution is -0.148. The van der Waals surface area contributed by atoms with Gasteiger partial charge in [0, 0.05) is 6.20 Å². The largest absolute Gasteiger partial charge is 0.467 e. The lowest BCUT2D eigenvalue weighted by atomic mass is 9.85. The number of carbonyl (C=O) groups is 4. The highest BCUT2D eigenvalue weighted by Gasteiger charge is 2.47. The number of nitrogens with zero attached hydrogens (tertiary/aromatic N) is 1. The molecule has 0 saturated carbocycles. The van der Waals surface area contributed by atoms with Crippen molar-refractivity contribution in [2.45, 2.75) is 13.0 Å². The normalized spacial score (nSPS) is 18.5. The van der Waals surface area contributed by atoms with Crippen LogP contribution >= 0.6 is 0 Å². The predicted octanol–water partition coefficient (Wildman–Crippen LogP) is 0.387. The molecule has 0 unspecified atom stereocenters. The fraction of sp³-hybridized carbons (Fsp3) is 0.333. The molecule has 0 aromatic heterocycles. The van der Waals surface area contributed by atoms with Gasteiger partial charge in [0.2, 0.25) is 0 Å². The van der Waals surface area contributed by atoms with E-state index in [9.17, 15) is 19.2 Å². The van der Waals surface area contributed by atoms with Crippen molar-refractivity contribution in [2.75, 3.05) is 28.4 Å². The van der Waals surface area contributed by atoms with E-state index < -0.39 is 35.5 Å². The zero-order valence-electron chi connectivity index (χ0n) is 15.5. The third-order valence-electron chi connectivity index (χ3n) is 4.14. The van der Waals surface area contributed by atoms with Crippen LogP contribution in [0.4, 0.5) is 0 Å². The van der Waals surface area contributed by atoms with Crippen LogP contribution in [0.25, 0.3) is 0 Å². The molecular formula is C18H19NO8. The van der Waals surface area contributed by atoms with Crippen LogP contribution in [-0.2, 0) is 38.1 Å². The second-order valence-corrected chi connectivity index (χ2v) is 5.51. The Balaban J connectivity index is 2.98. The van der Waals surface area contributed by atoms with Crippen molar-refractivity contribution >= 4 is 23.9 Å². The standard InChI is InChI=1S/C18H19NO8/c1-9-7-6-8-19-13(9)11(16(21)25-3)10(15(20)24-2)12(17(22)26-4)14(19)18(23)27-5/h6-8,14H,1-5H3/t14-/m0/s1. The van der Waals surface area contributed by atoms with Crippen LogP contribution in [0.5, 0.6) is 0 Å². The van der Waals surface area contributed by atoms with Gasteiger partial charge >= 0.3 is 23.9 Å². The highest BCUT2D eigenvalue weighted by Crippen LogP contribution is 2.39. The van der Waals surface area contributed by atoms with Crippen LogP contribution in [0.1, 0.15) is 6.92 Å². The van der Waals surface area contributed by atoms with Crippen molar-refractivity contribution in [3.63, 3.8) is 0 Å². The number of methoxy groups -OCH3 is 4. The summed E-state index contributed by atoms with van der Waals surface area (Å²) in [6.07, 6.45) is 4.80. The van der Waals surface area contributed by atoms with E-state index >= 15 is 0 Å². The molecule has 9 heteroatoms. The molecule has 1 atom stereocenters. The van der Waals surface area contributed by atoms with Gasteiger partial charge in [-0.05, 0) is 18.6 Å². The average molecular weight is 377 g/mol. The molecule has 0 aromatic carbocycles. The van der Waals surface area contributed by atoms with E-state index in [2.05, 4.69) is 0 Å². The molecule has 2 aliphatic heterocycles. The smallest absolute Gasteiger partial charge is 0.340 e. The zero-order valence-corrected chi connectivity index (χ0v) is 15.5. The maximum Gasteiger partial charge on any atom is 0.340 e. The lowest BCUT2D eigenvalue weighted by Crippen LogP contribution is -2.48. The first kappa shape index (κ1) is 20.0. The van der Waals surface area contributed by atoms with Gasteiger partial charge in [-0.3, -0.25) is 0 Å². The van der Waals surface area contributed by atoms with E-state index in [0.29, 0.717) is 5.57 Å². The Bertz CT molecular complexity index is 830. The Kier molecular flexibility index (Phi) is 5.84. The zero-order chi connectivity index (χ0) is 20.3. The number of allylic oxidation sites excluding steroid dienone is 3. The monoisotopic (exact) mass is 377 g/mol. The molecule has 0 amide bonds. The quantitative estimate of drug-likeness (QED) is 0.507. The first-order valence-electron chi connectivity index (χ1n) is 7.79. The van der Waals surface area contributed by atoms with E-state index in [1.54, 1.807) is 19.1 Å². The minimum absolute atomic E-state index is 0.206. The molecule has 0 spiro atoms. The molecule has 2 rings (SSSR count). The molecule has 0 N–H and O–H groups in total. The summed E-state index contributed by atoms with van der Waals surface area (Å²) in [6.45, 7) is 1.68. The summed E-state index contributed by atoms with van der Waals surface area (Å²) in [5.41, 5.74) is -0.187. The SMILES string of the molecule is COC(=O)C1=C(C(=O)OC)[C@@H](C(=O)OC)N2C=CC=C(C)C2=C1C(=O)OC. The summed E-state index contributed by atoms with van der Waals surface area (Å²) in [5, 5.41) is 0. The minimum atomic E-state index is -1.35. The average Bonchev–Trinajstić information content (AvgIpc) is 2.69. The molecule has 0 saturated heterocycles. The number of ether oxygens (including phenoxy) is 4. The minimum Gasteiger partial charge on any atom is -0.467 e. The summed E-state index contributed by atoms with van der Waals surface area (Å²) in [4.78, 5) is 51.4. The number of carbonyl (C=O) groups excluding carboxylic acids is 4. The molecule has 0 aliphatic carbocycles. The Morgan fingerprint density at radius 2 is 1.41 bits per heavy atom. The van der Waals surface area contributed by atoms with Crippen LogP contribution in [0, 0.1) is 0 Å². The Morgan fingerprint density at radius 1 is 0.852 bits per heavy atom. The molecule has 2 aliphatic rings. The van der Waals surface area contributed by atoms with Crippen molar-refractivity contribution in [3.8, 4) is 0 Å². The molecule has 0 fully saturated rings. The van der Waals surface area contributed by atoms with Crippen molar-refractivity contribution in [3.05, 3.63) is 46.3 Å². The Labute approximate surface area is 155 Å². The molecule has 27 heavy (non-hydrogen) atoms. The number of fused-ring (bicyclic) bond motifs is 1. The van der Waals surface area contributed by atoms with Gasteiger partial charge < -0.3 is 23.8 Å². The van der Waals surface area contributed by atoms with E-state index in [1.807, 2.05) is 0 Å². The Hall–Kier alpha value is -3.36. The Morgan fingerprint density at radius 3 is 1.93 bits per heavy atom. The molecule has 144 valence electrons. The fourth-order valence-electron chi connectivity index (χ4n) is 2.99. The van der Waals surface area contributed by atoms with Crippen LogP contribution in [0.3, 0.4) is 0 Å². The van der Waals surface area contributed by atoms with Crippen LogP contribution in [0.15, 0.2) is 46.3 Å². The third-order valence-corrected chi connectivity index (χ3v) is 4.14. The van der Waals surface area contributed by atoms with Gasteiger partial charge in [0.1, 0.15) is 0 Å². The molecule has 9 nitrogen and oxygen atoms in total. The molecule has 0 radical (unpaired) electrons. The number of hydrogen-bond donors (Lipinski definition) is 0. The van der Waals surface area contributed by atoms with Crippen molar-refractivity contribution in [1.82, 2.24) is 4.90 Å². The van der Waals surface area contributed by atoms with Crippen LogP contribution in [-0.4, -0.2) is 63.3 Å². The molecular weight excluding hydrogens is 358 g/mol. The third kappa shape index (κ3) is 3.23. The summed E-state index contributed by atoms with van der Waals surface area (Å²) < 4.78 is 19.1. The number of rotatable bonds is 4. The maximum atomic E-state index is 12.5. The fourth-order valence-corrected chi connectivity index (χ4v) is 2.99. The van der Waals surface area contributed by atoms with Gasteiger partial charge in [0.05, 0.1) is 50.9 Å². The van der Waals surface area contributed by atoms with Gasteiger partial charge in [-0.15, -0.1) is 0 Å². The van der Waals surface area contributed by atoms with Crippen molar-refractivity contribution in [1.29, 1.82) is 0 Å². The van der Waals surface area contributed by atoms with Gasteiger partial charge in [0.25, 0.3) is 0 Å². The van der Waals surface area contributed by atoms with Crippen LogP contribution < -0.4 is 0 Å². The van der Waals surface area contributed by atoms with Gasteiger partial charge in [0.15, 0.2) is 6.04 Å². The first-order chi connectivity index (χ1) is 12.8. The number of hydrogen-bond acceptors (Lipinski definition) is 9. The van der Waals surface area contributed by atoms with Gasteiger partial charge in [-0.2, -0.15) is 0 Å². The van der Waals surface area contributed by atoms with Gasteiger partial charge in [-0.25, -0.2) is 19.2 Å². The highest BCUT2D eigenvalue weighted by molar-refractivity contribution is 6.15. The highest BCUT2D eigenvalue weighted by atomic mass is 16.5. The molecule has 0 aromatic rings. The van der Waals surface area contributed by atoms with Gasteiger partial charge in [-0.1, -0.05) is 6.08 Å². The molecule has 2 heterocycles. The summed E-state index contributed by atoms with van der Waals surface area (Å²) in [5.74, 6) is -3.66. The van der Waals surface area contributed by atoms with E-state index in [4.69, 9.17) is 18.9 Å². The second-order valence-electron chi connectivity index (χ2n) is 5.51. The maximum absolute atomic E-state index is 12.5. The molecule has 0 bridgehead atoms. The second kappa shape index (κ2) is 7.90. The van der Waals surface area contributed by atoms with Crippen molar-refractivity contribution < 1.29 is 38.1 Å². The lowest BCUT2D eigenvalue weighted by Gasteiger charge is -2.38. The van der Waals surface area contributed by atoms with Crippen molar-refractivity contribution in [2.24, 2.45) is 0 Å². The van der Waals surface area contributed by atoms with E-state index in [1.165, 1.54) is 11.1 Å². The topological polar surface area (TPSA) is 108 Å². The number of esters is 4.